The number of hydrogen-bond donors (Lipinski definition) is 1. The van der Waals surface area contributed by atoms with Crippen LogP contribution in [-0.2, 0) is 12.7 Å². The van der Waals surface area contributed by atoms with Crippen LogP contribution in [0.3, 0.4) is 0 Å². The summed E-state index contributed by atoms with van der Waals surface area (Å²) in [6.45, 7) is 10.9. The van der Waals surface area contributed by atoms with E-state index in [-0.39, 0.29) is 12.4 Å². The molecule has 0 saturated heterocycles. The first-order valence-electron chi connectivity index (χ1n) is 7.85. The molecule has 0 aromatic heterocycles. The lowest BCUT2D eigenvalue weighted by atomic mass is 9.57. The molecule has 0 radical (unpaired) electrons. The van der Waals surface area contributed by atoms with Gasteiger partial charge in [-0.05, 0) is 49.7 Å². The molecule has 1 nitrogen and oxygen atoms in total. The van der Waals surface area contributed by atoms with Gasteiger partial charge in [-0.2, -0.15) is 0 Å². The highest BCUT2D eigenvalue weighted by atomic mass is 19.3. The summed E-state index contributed by atoms with van der Waals surface area (Å²) in [4.78, 5) is 0. The van der Waals surface area contributed by atoms with Gasteiger partial charge in [-0.15, -0.1) is 0 Å². The maximum absolute atomic E-state index is 12.9. The van der Waals surface area contributed by atoms with E-state index >= 15 is 0 Å². The molecule has 1 aliphatic rings. The average molecular weight is 303 g/mol. The lowest BCUT2D eigenvalue weighted by Gasteiger charge is -2.28. The van der Waals surface area contributed by atoms with Gasteiger partial charge < -0.3 is 5.32 Å². The van der Waals surface area contributed by atoms with E-state index in [0.717, 1.165) is 32.5 Å². The van der Waals surface area contributed by atoms with Crippen LogP contribution >= 0.6 is 0 Å². The number of benzene rings is 1. The number of fused-ring (bicyclic) bond motifs is 1. The average Bonchev–Trinajstić information content (AvgIpc) is 2.43. The standard InChI is InChI=1S/C18H24BF2N/c1-12(2)15-7-5-6-14-10-17(19-11-16(14)15)22-13(3)8-9-18(4,20)21/h5-7,17,19,22H,1,3,8-11H2,2,4H3. The highest BCUT2D eigenvalue weighted by Gasteiger charge is 2.24. The van der Waals surface area contributed by atoms with Crippen LogP contribution in [0, 0.1) is 0 Å². The molecule has 118 valence electrons. The minimum Gasteiger partial charge on any atom is -0.393 e. The third kappa shape index (κ3) is 4.46. The highest BCUT2D eigenvalue weighted by molar-refractivity contribution is 6.38. The fourth-order valence-electron chi connectivity index (χ4n) is 3.06. The summed E-state index contributed by atoms with van der Waals surface area (Å²) >= 11 is 0. The minimum absolute atomic E-state index is 0.151. The first kappa shape index (κ1) is 16.8. The normalized spacial score (nSPS) is 17.4. The van der Waals surface area contributed by atoms with Crippen LogP contribution in [0.1, 0.15) is 43.4 Å². The number of alkyl halides is 2. The summed E-state index contributed by atoms with van der Waals surface area (Å²) < 4.78 is 25.8. The maximum atomic E-state index is 12.9. The Balaban J connectivity index is 1.97. The van der Waals surface area contributed by atoms with Crippen LogP contribution in [0.5, 0.6) is 0 Å². The smallest absolute Gasteiger partial charge is 0.245 e. The number of halogens is 2. The summed E-state index contributed by atoms with van der Waals surface area (Å²) in [5.74, 6) is -2.34. The van der Waals surface area contributed by atoms with Gasteiger partial charge in [-0.1, -0.05) is 36.9 Å². The van der Waals surface area contributed by atoms with Crippen molar-refractivity contribution in [3.05, 3.63) is 53.7 Å². The van der Waals surface area contributed by atoms with Crippen molar-refractivity contribution < 1.29 is 8.78 Å². The number of hydrogen-bond acceptors (Lipinski definition) is 1. The number of allylic oxidation sites excluding steroid dienone is 2. The van der Waals surface area contributed by atoms with Crippen molar-refractivity contribution in [1.29, 1.82) is 0 Å². The molecule has 0 bridgehead atoms. The zero-order valence-corrected chi connectivity index (χ0v) is 13.5. The summed E-state index contributed by atoms with van der Waals surface area (Å²) in [7, 11) is 0.999. The van der Waals surface area contributed by atoms with Crippen molar-refractivity contribution in [3.8, 4) is 0 Å². The summed E-state index contributed by atoms with van der Waals surface area (Å²) in [6.07, 6.45) is 2.08. The van der Waals surface area contributed by atoms with Crippen molar-refractivity contribution in [2.24, 2.45) is 0 Å². The van der Waals surface area contributed by atoms with E-state index in [9.17, 15) is 8.78 Å². The molecule has 1 atom stereocenters. The Morgan fingerprint density at radius 3 is 2.77 bits per heavy atom. The van der Waals surface area contributed by atoms with Crippen LogP contribution < -0.4 is 5.32 Å². The fourth-order valence-corrected chi connectivity index (χ4v) is 3.06. The second kappa shape index (κ2) is 6.68. The van der Waals surface area contributed by atoms with Gasteiger partial charge in [0.2, 0.25) is 5.92 Å². The summed E-state index contributed by atoms with van der Waals surface area (Å²) in [6, 6.07) is 6.34. The van der Waals surface area contributed by atoms with E-state index < -0.39 is 5.92 Å². The Morgan fingerprint density at radius 2 is 2.14 bits per heavy atom. The molecule has 1 aromatic rings. The molecule has 0 fully saturated rings. The van der Waals surface area contributed by atoms with Crippen molar-refractivity contribution in [1.82, 2.24) is 5.32 Å². The number of rotatable bonds is 6. The molecule has 1 unspecified atom stereocenters. The molecule has 1 aromatic carbocycles. The van der Waals surface area contributed by atoms with Crippen molar-refractivity contribution in [2.45, 2.75) is 51.3 Å². The Labute approximate surface area is 132 Å². The molecule has 0 aliphatic carbocycles. The van der Waals surface area contributed by atoms with E-state index in [1.165, 1.54) is 16.7 Å². The molecule has 1 N–H and O–H groups in total. The first-order chi connectivity index (χ1) is 10.3. The van der Waals surface area contributed by atoms with Gasteiger partial charge in [-0.3, -0.25) is 0 Å². The fraction of sp³-hybridized carbons (Fsp3) is 0.444. The second-order valence-electron chi connectivity index (χ2n) is 6.48. The van der Waals surface area contributed by atoms with Gasteiger partial charge in [0.25, 0.3) is 0 Å². The number of nitrogens with one attached hydrogen (secondary N) is 1. The molecule has 0 amide bonds. The van der Waals surface area contributed by atoms with Gasteiger partial charge in [0, 0.05) is 18.1 Å². The minimum atomic E-state index is -2.62. The Kier molecular flexibility index (Phi) is 5.10. The molecule has 1 aliphatic heterocycles. The quantitative estimate of drug-likeness (QED) is 0.781. The Morgan fingerprint density at radius 1 is 1.41 bits per heavy atom. The summed E-state index contributed by atoms with van der Waals surface area (Å²) in [5.41, 5.74) is 5.78. The zero-order chi connectivity index (χ0) is 16.3. The van der Waals surface area contributed by atoms with Gasteiger partial charge in [0.15, 0.2) is 7.28 Å². The third-order valence-corrected chi connectivity index (χ3v) is 4.22. The maximum Gasteiger partial charge on any atom is 0.245 e. The van der Waals surface area contributed by atoms with Gasteiger partial charge in [-0.25, -0.2) is 8.78 Å². The molecule has 1 heterocycles. The molecule has 22 heavy (non-hydrogen) atoms. The first-order valence-corrected chi connectivity index (χ1v) is 7.85. The van der Waals surface area contributed by atoms with Crippen molar-refractivity contribution in [3.63, 3.8) is 0 Å². The van der Waals surface area contributed by atoms with Crippen LogP contribution in [-0.4, -0.2) is 19.1 Å². The van der Waals surface area contributed by atoms with E-state index in [2.05, 4.69) is 36.7 Å². The molecular formula is C18H24BF2N. The van der Waals surface area contributed by atoms with Crippen LogP contribution in [0.2, 0.25) is 0 Å². The van der Waals surface area contributed by atoms with E-state index in [1.54, 1.807) is 0 Å². The van der Waals surface area contributed by atoms with E-state index in [1.807, 2.05) is 6.92 Å². The van der Waals surface area contributed by atoms with Gasteiger partial charge in [0.1, 0.15) is 0 Å². The lowest BCUT2D eigenvalue weighted by molar-refractivity contribution is 0.0129. The highest BCUT2D eigenvalue weighted by Crippen LogP contribution is 2.26. The van der Waals surface area contributed by atoms with Crippen molar-refractivity contribution in [2.75, 3.05) is 0 Å². The predicted octanol–water partition coefficient (Wildman–Crippen LogP) is 4.08. The Bertz CT molecular complexity index is 575. The largest absolute Gasteiger partial charge is 0.393 e. The lowest BCUT2D eigenvalue weighted by Crippen LogP contribution is -2.40. The van der Waals surface area contributed by atoms with Crippen molar-refractivity contribution >= 4 is 12.9 Å². The molecule has 0 spiro atoms. The zero-order valence-electron chi connectivity index (χ0n) is 13.5. The van der Waals surface area contributed by atoms with Crippen LogP contribution in [0.15, 0.2) is 37.1 Å². The monoisotopic (exact) mass is 303 g/mol. The van der Waals surface area contributed by atoms with Crippen LogP contribution in [0.4, 0.5) is 8.78 Å². The summed E-state index contributed by atoms with van der Waals surface area (Å²) in [5, 5.41) is 3.33. The Hall–Kier alpha value is -1.58. The molecule has 4 heteroatoms. The topological polar surface area (TPSA) is 12.0 Å². The molecule has 2 rings (SSSR count). The molecule has 0 saturated carbocycles. The van der Waals surface area contributed by atoms with Gasteiger partial charge in [0.05, 0.1) is 0 Å². The SMILES string of the molecule is C=C(CCC(C)(F)F)NC1BCc2c(cccc2C(=C)C)C1. The van der Waals surface area contributed by atoms with Crippen LogP contribution in [0.25, 0.3) is 5.57 Å². The van der Waals surface area contributed by atoms with E-state index in [0.29, 0.717) is 12.1 Å². The second-order valence-corrected chi connectivity index (χ2v) is 6.48. The molecular weight excluding hydrogens is 279 g/mol. The predicted molar refractivity (Wildman–Crippen MR) is 91.6 cm³/mol. The van der Waals surface area contributed by atoms with E-state index in [4.69, 9.17) is 0 Å². The van der Waals surface area contributed by atoms with Gasteiger partial charge >= 0.3 is 0 Å². The third-order valence-electron chi connectivity index (χ3n) is 4.22.